The molecule has 1 aliphatic rings. The molecule has 1 aliphatic heterocycles. The Morgan fingerprint density at radius 1 is 1.10 bits per heavy atom. The van der Waals surface area contributed by atoms with Crippen LogP contribution in [0, 0.1) is 11.6 Å². The highest BCUT2D eigenvalue weighted by Gasteiger charge is 2.39. The first-order valence-corrected chi connectivity index (χ1v) is 9.48. The lowest BCUT2D eigenvalue weighted by Crippen LogP contribution is -2.38. The number of halogens is 6. The molecule has 158 valence electrons. The predicted molar refractivity (Wildman–Crippen MR) is 106 cm³/mol. The van der Waals surface area contributed by atoms with Crippen molar-refractivity contribution >= 4 is 23.4 Å². The molecule has 1 aromatic heterocycles. The Hall–Kier alpha value is -3.13. The zero-order chi connectivity index (χ0) is 22.5. The second-order valence-electron chi connectivity index (χ2n) is 6.89. The summed E-state index contributed by atoms with van der Waals surface area (Å²) in [6.07, 6.45) is -0.146. The molecule has 2 heterocycles. The Morgan fingerprint density at radius 3 is 2.39 bits per heavy atom. The molecule has 9 heteroatoms. The first-order valence-electron chi connectivity index (χ1n) is 9.10. The number of benzene rings is 2. The molecule has 0 aliphatic carbocycles. The first kappa shape index (κ1) is 21.1. The minimum absolute atomic E-state index is 0.162. The quantitative estimate of drug-likeness (QED) is 0.355. The highest BCUT2D eigenvalue weighted by atomic mass is 35.5. The number of hydrogen-bond acceptors (Lipinski definition) is 2. The zero-order valence-corrected chi connectivity index (χ0v) is 16.8. The van der Waals surface area contributed by atoms with E-state index in [4.69, 9.17) is 11.6 Å². The molecular formula is C22H14ClF5N3+. The molecule has 0 saturated heterocycles. The molecule has 3 aromatic rings. The van der Waals surface area contributed by atoms with Crippen molar-refractivity contribution in [3.63, 3.8) is 0 Å². The van der Waals surface area contributed by atoms with Crippen LogP contribution < -0.4 is 4.57 Å². The van der Waals surface area contributed by atoms with Gasteiger partial charge in [-0.2, -0.15) is 17.7 Å². The second kappa shape index (κ2) is 7.53. The summed E-state index contributed by atoms with van der Waals surface area (Å²) in [5.41, 5.74) is -1.51. The smallest absolute Gasteiger partial charge is 0.268 e. The number of hydrogen-bond donors (Lipinski definition) is 0. The van der Waals surface area contributed by atoms with Crippen molar-refractivity contribution in [3.05, 3.63) is 94.0 Å². The molecule has 0 fully saturated rings. The monoisotopic (exact) mass is 450 g/mol. The number of fused-ring (bicyclic) bond motifs is 3. The van der Waals surface area contributed by atoms with Crippen LogP contribution in [0.3, 0.4) is 0 Å². The molecule has 31 heavy (non-hydrogen) atoms. The van der Waals surface area contributed by atoms with Gasteiger partial charge in [-0.3, -0.25) is 4.99 Å². The molecule has 0 amide bonds. The van der Waals surface area contributed by atoms with E-state index in [-0.39, 0.29) is 17.0 Å². The van der Waals surface area contributed by atoms with Gasteiger partial charge in [0.05, 0.1) is 33.0 Å². The molecule has 0 radical (unpaired) electrons. The van der Waals surface area contributed by atoms with E-state index >= 15 is 0 Å². The topological polar surface area (TPSA) is 29.1 Å². The maximum Gasteiger partial charge on any atom is 0.417 e. The first-order chi connectivity index (χ1) is 14.6. The number of alkyl halides is 3. The molecule has 2 aromatic carbocycles. The van der Waals surface area contributed by atoms with Gasteiger partial charge in [0.2, 0.25) is 0 Å². The normalized spacial score (nSPS) is 15.6. The van der Waals surface area contributed by atoms with Crippen LogP contribution in [0.25, 0.3) is 11.8 Å². The Kier molecular flexibility index (Phi) is 5.13. The van der Waals surface area contributed by atoms with E-state index in [9.17, 15) is 22.0 Å². The van der Waals surface area contributed by atoms with E-state index in [1.165, 1.54) is 22.9 Å². The van der Waals surface area contributed by atoms with Gasteiger partial charge in [0.25, 0.3) is 0 Å². The van der Waals surface area contributed by atoms with Crippen LogP contribution in [0.2, 0.25) is 5.02 Å². The summed E-state index contributed by atoms with van der Waals surface area (Å²) < 4.78 is 71.7. The predicted octanol–water partition coefficient (Wildman–Crippen LogP) is 5.86. The largest absolute Gasteiger partial charge is 0.417 e. The summed E-state index contributed by atoms with van der Waals surface area (Å²) in [6.45, 7) is 5.29. The molecule has 0 N–H and O–H groups in total. The fraction of sp³-hybridized carbons (Fsp3) is 0.136. The third kappa shape index (κ3) is 3.50. The van der Waals surface area contributed by atoms with Crippen LogP contribution in [-0.2, 0) is 6.18 Å². The van der Waals surface area contributed by atoms with Gasteiger partial charge in [-0.05, 0) is 31.2 Å². The highest BCUT2D eigenvalue weighted by Crippen LogP contribution is 2.40. The molecule has 3 nitrogen and oxygen atoms in total. The van der Waals surface area contributed by atoms with Crippen molar-refractivity contribution in [1.29, 1.82) is 0 Å². The Morgan fingerprint density at radius 2 is 1.77 bits per heavy atom. The number of nitrogens with zero attached hydrogens (tertiary/aromatic N) is 3. The Labute approximate surface area is 179 Å². The van der Waals surface area contributed by atoms with Crippen molar-refractivity contribution in [2.45, 2.75) is 19.1 Å². The fourth-order valence-electron chi connectivity index (χ4n) is 3.50. The van der Waals surface area contributed by atoms with Gasteiger partial charge in [-0.15, -0.1) is 0 Å². The van der Waals surface area contributed by atoms with E-state index in [0.717, 1.165) is 24.3 Å². The zero-order valence-electron chi connectivity index (χ0n) is 16.0. The Bertz CT molecular complexity index is 1230. The van der Waals surface area contributed by atoms with Gasteiger partial charge in [0.1, 0.15) is 23.5 Å². The SMILES string of the molecule is C=Cc1cnc2[n+](c1)-c1ccc(C(F)(F)F)c(Cl)c1C(c1c(F)cccc1F)=N[C@H]2C. The lowest BCUT2D eigenvalue weighted by molar-refractivity contribution is -0.609. The van der Waals surface area contributed by atoms with E-state index in [2.05, 4.69) is 16.6 Å². The molecule has 1 atom stereocenters. The van der Waals surface area contributed by atoms with Crippen LogP contribution in [0.5, 0.6) is 0 Å². The average Bonchev–Trinajstić information content (AvgIpc) is 2.82. The van der Waals surface area contributed by atoms with Crippen molar-refractivity contribution in [2.75, 3.05) is 0 Å². The third-order valence-electron chi connectivity index (χ3n) is 4.92. The van der Waals surface area contributed by atoms with E-state index in [0.29, 0.717) is 11.4 Å². The summed E-state index contributed by atoms with van der Waals surface area (Å²) in [5.74, 6) is -1.59. The third-order valence-corrected chi connectivity index (χ3v) is 5.32. The van der Waals surface area contributed by atoms with Crippen LogP contribution in [-0.4, -0.2) is 10.7 Å². The van der Waals surface area contributed by atoms with Crippen LogP contribution in [0.4, 0.5) is 22.0 Å². The highest BCUT2D eigenvalue weighted by molar-refractivity contribution is 6.37. The number of aliphatic imine (C=N–C) groups is 1. The molecule has 0 unspecified atom stereocenters. The standard InChI is InChI=1S/C22H14ClF5N3/c1-3-12-9-29-21-11(2)30-20(17-14(24)5-4-6-15(17)25)18-16(31(21)10-12)8-7-13(19(18)23)22(26,27)28/h3-11H,1H2,2H3/q+1/t11-/m0/s1. The van der Waals surface area contributed by atoms with Crippen LogP contribution in [0.1, 0.15) is 41.0 Å². The Balaban J connectivity index is 2.16. The van der Waals surface area contributed by atoms with Crippen molar-refractivity contribution < 1.29 is 26.5 Å². The minimum Gasteiger partial charge on any atom is -0.268 e. The summed E-state index contributed by atoms with van der Waals surface area (Å²) in [5, 5.41) is -0.706. The van der Waals surface area contributed by atoms with Gasteiger partial charge < -0.3 is 0 Å². The minimum atomic E-state index is -4.78. The van der Waals surface area contributed by atoms with E-state index in [1.54, 1.807) is 13.1 Å². The summed E-state index contributed by atoms with van der Waals surface area (Å²) in [7, 11) is 0. The fourth-order valence-corrected chi connectivity index (χ4v) is 3.86. The summed E-state index contributed by atoms with van der Waals surface area (Å²) in [4.78, 5) is 8.70. The molecule has 0 spiro atoms. The lowest BCUT2D eigenvalue weighted by atomic mass is 9.97. The maximum absolute atomic E-state index is 14.7. The summed E-state index contributed by atoms with van der Waals surface area (Å²) in [6, 6.07) is 4.44. The van der Waals surface area contributed by atoms with E-state index < -0.39 is 40.0 Å². The van der Waals surface area contributed by atoms with Gasteiger partial charge in [-0.1, -0.05) is 35.3 Å². The maximum atomic E-state index is 14.7. The van der Waals surface area contributed by atoms with Crippen molar-refractivity contribution in [1.82, 2.24) is 4.98 Å². The average molecular weight is 451 g/mol. The molecule has 0 saturated carbocycles. The lowest BCUT2D eigenvalue weighted by Gasteiger charge is -2.16. The summed E-state index contributed by atoms with van der Waals surface area (Å²) >= 11 is 6.22. The van der Waals surface area contributed by atoms with Gasteiger partial charge in [0, 0.05) is 0 Å². The van der Waals surface area contributed by atoms with Crippen molar-refractivity contribution in [2.24, 2.45) is 4.99 Å². The van der Waals surface area contributed by atoms with Gasteiger partial charge in [0.15, 0.2) is 12.2 Å². The van der Waals surface area contributed by atoms with Gasteiger partial charge >= 0.3 is 12.0 Å². The van der Waals surface area contributed by atoms with Crippen molar-refractivity contribution in [3.8, 4) is 5.69 Å². The number of rotatable bonds is 2. The second-order valence-corrected chi connectivity index (χ2v) is 7.27. The van der Waals surface area contributed by atoms with Crippen LogP contribution >= 0.6 is 11.6 Å². The molecule has 0 bridgehead atoms. The van der Waals surface area contributed by atoms with Crippen LogP contribution in [0.15, 0.2) is 54.3 Å². The van der Waals surface area contributed by atoms with Gasteiger partial charge in [-0.25, -0.2) is 8.78 Å². The number of aromatic nitrogens is 2. The molecular weight excluding hydrogens is 437 g/mol. The van der Waals surface area contributed by atoms with E-state index in [1.807, 2.05) is 0 Å². The molecule has 4 rings (SSSR count).